The molecule has 2 rings (SSSR count). The van der Waals surface area contributed by atoms with Gasteiger partial charge in [-0.2, -0.15) is 0 Å². The third-order valence-corrected chi connectivity index (χ3v) is 2.85. The summed E-state index contributed by atoms with van der Waals surface area (Å²) >= 11 is 0. The molecule has 0 amide bonds. The second-order valence-corrected chi connectivity index (χ2v) is 4.12. The summed E-state index contributed by atoms with van der Waals surface area (Å²) in [4.78, 5) is 0. The lowest BCUT2D eigenvalue weighted by Gasteiger charge is -2.43. The molecular weight excluding hydrogens is 176 g/mol. The summed E-state index contributed by atoms with van der Waals surface area (Å²) < 4.78 is 31.7. The lowest BCUT2D eigenvalue weighted by atomic mass is 9.85. The molecule has 0 aromatic rings. The Bertz CT molecular complexity index is 185. The summed E-state index contributed by atoms with van der Waals surface area (Å²) in [5.74, 6) is -2.59. The van der Waals surface area contributed by atoms with Gasteiger partial charge in [0.05, 0.1) is 12.1 Å². The van der Waals surface area contributed by atoms with Crippen molar-refractivity contribution >= 4 is 0 Å². The normalized spacial score (nSPS) is 39.2. The van der Waals surface area contributed by atoms with Crippen LogP contribution in [0.1, 0.15) is 25.7 Å². The van der Waals surface area contributed by atoms with Crippen LogP contribution < -0.4 is 5.32 Å². The molecule has 0 aromatic heterocycles. The molecule has 2 nitrogen and oxygen atoms in total. The van der Waals surface area contributed by atoms with Gasteiger partial charge in [0.1, 0.15) is 0 Å². The Morgan fingerprint density at radius 3 is 2.62 bits per heavy atom. The van der Waals surface area contributed by atoms with Gasteiger partial charge in [-0.15, -0.1) is 0 Å². The van der Waals surface area contributed by atoms with Crippen LogP contribution in [0.25, 0.3) is 0 Å². The van der Waals surface area contributed by atoms with E-state index in [0.717, 1.165) is 19.3 Å². The second-order valence-electron chi connectivity index (χ2n) is 4.12. The molecule has 76 valence electrons. The number of halogens is 2. The van der Waals surface area contributed by atoms with Crippen molar-refractivity contribution in [3.8, 4) is 0 Å². The Balaban J connectivity index is 2.04. The molecule has 1 spiro atoms. The Morgan fingerprint density at radius 1 is 1.15 bits per heavy atom. The molecule has 0 aliphatic carbocycles. The molecule has 0 bridgehead atoms. The Hall–Kier alpha value is -0.220. The van der Waals surface area contributed by atoms with Gasteiger partial charge in [-0.05, 0) is 19.3 Å². The molecule has 13 heavy (non-hydrogen) atoms. The second kappa shape index (κ2) is 3.17. The van der Waals surface area contributed by atoms with E-state index < -0.39 is 11.5 Å². The van der Waals surface area contributed by atoms with E-state index in [1.807, 2.05) is 0 Å². The summed E-state index contributed by atoms with van der Waals surface area (Å²) in [6, 6.07) is 0. The molecular formula is C9H15F2NO. The minimum Gasteiger partial charge on any atom is -0.373 e. The van der Waals surface area contributed by atoms with Crippen molar-refractivity contribution in [3.05, 3.63) is 0 Å². The van der Waals surface area contributed by atoms with Crippen LogP contribution in [0.5, 0.6) is 0 Å². The first-order valence-electron chi connectivity index (χ1n) is 4.85. The molecule has 1 unspecified atom stereocenters. The first kappa shape index (κ1) is 9.34. The number of alkyl halides is 2. The molecule has 1 atom stereocenters. The van der Waals surface area contributed by atoms with Crippen molar-refractivity contribution in [1.29, 1.82) is 0 Å². The maximum absolute atomic E-state index is 13.1. The third kappa shape index (κ3) is 1.99. The minimum absolute atomic E-state index is 0.104. The summed E-state index contributed by atoms with van der Waals surface area (Å²) in [5, 5.41) is 2.76. The average Bonchev–Trinajstić information content (AvgIpc) is 2.03. The van der Waals surface area contributed by atoms with Crippen LogP contribution in [0, 0.1) is 0 Å². The molecule has 0 saturated carbocycles. The van der Waals surface area contributed by atoms with Crippen LogP contribution in [-0.2, 0) is 4.74 Å². The maximum Gasteiger partial charge on any atom is 0.263 e. The fraction of sp³-hybridized carbons (Fsp3) is 1.00. The third-order valence-electron chi connectivity index (χ3n) is 2.85. The number of ether oxygens (including phenoxy) is 1. The zero-order valence-corrected chi connectivity index (χ0v) is 7.61. The molecule has 2 saturated heterocycles. The van der Waals surface area contributed by atoms with Crippen LogP contribution >= 0.6 is 0 Å². The van der Waals surface area contributed by atoms with Gasteiger partial charge in [-0.1, -0.05) is 0 Å². The number of rotatable bonds is 0. The molecule has 2 aliphatic heterocycles. The van der Waals surface area contributed by atoms with Crippen molar-refractivity contribution in [2.45, 2.75) is 37.2 Å². The predicted molar refractivity (Wildman–Crippen MR) is 45.0 cm³/mol. The summed E-state index contributed by atoms with van der Waals surface area (Å²) in [6.07, 6.45) is 2.69. The summed E-state index contributed by atoms with van der Waals surface area (Å²) in [7, 11) is 0. The molecule has 2 heterocycles. The van der Waals surface area contributed by atoms with Crippen molar-refractivity contribution in [1.82, 2.24) is 5.32 Å². The van der Waals surface area contributed by atoms with Gasteiger partial charge in [0, 0.05) is 19.6 Å². The Morgan fingerprint density at radius 2 is 2.00 bits per heavy atom. The standard InChI is InChI=1S/C9H15F2NO/c10-9(11)5-8(6-12-7-9)3-1-2-4-13-8/h12H,1-7H2. The first-order valence-corrected chi connectivity index (χ1v) is 4.85. The molecule has 0 radical (unpaired) electrons. The number of hydrogen-bond donors (Lipinski definition) is 1. The van der Waals surface area contributed by atoms with Crippen LogP contribution in [0.15, 0.2) is 0 Å². The first-order chi connectivity index (χ1) is 6.12. The minimum atomic E-state index is -2.59. The highest BCUT2D eigenvalue weighted by molar-refractivity contribution is 4.95. The lowest BCUT2D eigenvalue weighted by molar-refractivity contribution is -0.158. The van der Waals surface area contributed by atoms with Crippen LogP contribution in [0.3, 0.4) is 0 Å². The topological polar surface area (TPSA) is 21.3 Å². The van der Waals surface area contributed by atoms with Crippen molar-refractivity contribution in [3.63, 3.8) is 0 Å². The van der Waals surface area contributed by atoms with E-state index in [-0.39, 0.29) is 13.0 Å². The smallest absolute Gasteiger partial charge is 0.263 e. The highest BCUT2D eigenvalue weighted by atomic mass is 19.3. The summed E-state index contributed by atoms with van der Waals surface area (Å²) in [5.41, 5.74) is -0.569. The number of piperidine rings is 1. The predicted octanol–water partition coefficient (Wildman–Crippen LogP) is 1.55. The van der Waals surface area contributed by atoms with Gasteiger partial charge >= 0.3 is 0 Å². The number of nitrogens with one attached hydrogen (secondary N) is 1. The van der Waals surface area contributed by atoms with Gasteiger partial charge in [-0.25, -0.2) is 8.78 Å². The molecule has 2 fully saturated rings. The molecule has 4 heteroatoms. The highest BCUT2D eigenvalue weighted by Gasteiger charge is 2.47. The van der Waals surface area contributed by atoms with E-state index in [4.69, 9.17) is 4.74 Å². The van der Waals surface area contributed by atoms with Crippen molar-refractivity contribution in [2.75, 3.05) is 19.7 Å². The van der Waals surface area contributed by atoms with Gasteiger partial charge < -0.3 is 10.1 Å². The van der Waals surface area contributed by atoms with E-state index in [2.05, 4.69) is 5.32 Å². The van der Waals surface area contributed by atoms with Gasteiger partial charge in [0.25, 0.3) is 5.92 Å². The largest absolute Gasteiger partial charge is 0.373 e. The number of hydrogen-bond acceptors (Lipinski definition) is 2. The monoisotopic (exact) mass is 191 g/mol. The fourth-order valence-electron chi connectivity index (χ4n) is 2.26. The lowest BCUT2D eigenvalue weighted by Crippen LogP contribution is -2.57. The Labute approximate surface area is 76.6 Å². The maximum atomic E-state index is 13.1. The van der Waals surface area contributed by atoms with Crippen LogP contribution in [0.2, 0.25) is 0 Å². The molecule has 1 N–H and O–H groups in total. The van der Waals surface area contributed by atoms with E-state index in [9.17, 15) is 8.78 Å². The molecule has 2 aliphatic rings. The van der Waals surface area contributed by atoms with Crippen LogP contribution in [0.4, 0.5) is 8.78 Å². The van der Waals surface area contributed by atoms with Gasteiger partial charge in [0.2, 0.25) is 0 Å². The van der Waals surface area contributed by atoms with Gasteiger partial charge in [0.15, 0.2) is 0 Å². The van der Waals surface area contributed by atoms with Gasteiger partial charge in [-0.3, -0.25) is 0 Å². The Kier molecular flexibility index (Phi) is 2.28. The zero-order chi connectivity index (χ0) is 9.36. The van der Waals surface area contributed by atoms with E-state index >= 15 is 0 Å². The quantitative estimate of drug-likeness (QED) is 0.627. The van der Waals surface area contributed by atoms with E-state index in [1.165, 1.54) is 0 Å². The summed E-state index contributed by atoms with van der Waals surface area (Å²) in [6.45, 7) is 1.03. The SMILES string of the molecule is FC1(F)CNCC2(CCCCO2)C1. The highest BCUT2D eigenvalue weighted by Crippen LogP contribution is 2.37. The van der Waals surface area contributed by atoms with Crippen molar-refractivity contribution in [2.24, 2.45) is 0 Å². The van der Waals surface area contributed by atoms with Crippen LogP contribution in [-0.4, -0.2) is 31.2 Å². The zero-order valence-electron chi connectivity index (χ0n) is 7.61. The molecule has 0 aromatic carbocycles. The average molecular weight is 191 g/mol. The van der Waals surface area contributed by atoms with E-state index in [1.54, 1.807) is 0 Å². The van der Waals surface area contributed by atoms with E-state index in [0.29, 0.717) is 13.2 Å². The fourth-order valence-corrected chi connectivity index (χ4v) is 2.26. The van der Waals surface area contributed by atoms with Crippen molar-refractivity contribution < 1.29 is 13.5 Å².